The molecule has 0 saturated heterocycles. The van der Waals surface area contributed by atoms with E-state index >= 15 is 0 Å². The summed E-state index contributed by atoms with van der Waals surface area (Å²) in [6.45, 7) is 2.09. The van der Waals surface area contributed by atoms with E-state index in [1.807, 2.05) is 0 Å². The van der Waals surface area contributed by atoms with Crippen LogP contribution in [-0.2, 0) is 10.0 Å². The Morgan fingerprint density at radius 3 is 2.61 bits per heavy atom. The van der Waals surface area contributed by atoms with Crippen molar-refractivity contribution in [2.45, 2.75) is 30.7 Å². The number of halogens is 2. The molecule has 3 N–H and O–H groups in total. The second kappa shape index (κ2) is 6.21. The van der Waals surface area contributed by atoms with Crippen LogP contribution in [0.15, 0.2) is 23.1 Å². The van der Waals surface area contributed by atoms with E-state index in [1.54, 1.807) is 6.92 Å². The summed E-state index contributed by atoms with van der Waals surface area (Å²) in [5.74, 6) is -1.78. The van der Waals surface area contributed by atoms with Crippen LogP contribution < -0.4 is 10.5 Å². The topological polar surface area (TPSA) is 72.2 Å². The van der Waals surface area contributed by atoms with Gasteiger partial charge < -0.3 is 5.73 Å². The molecule has 0 heterocycles. The highest BCUT2D eigenvalue weighted by Gasteiger charge is 2.22. The molecule has 0 saturated carbocycles. The summed E-state index contributed by atoms with van der Waals surface area (Å²) < 4.78 is 52.5. The second-order valence-corrected chi connectivity index (χ2v) is 5.56. The lowest BCUT2D eigenvalue weighted by Crippen LogP contribution is -2.36. The predicted molar refractivity (Wildman–Crippen MR) is 64.4 cm³/mol. The number of nitrogens with one attached hydrogen (secondary N) is 1. The number of hydrogen-bond acceptors (Lipinski definition) is 3. The first-order valence-electron chi connectivity index (χ1n) is 5.58. The van der Waals surface area contributed by atoms with Crippen LogP contribution in [0.3, 0.4) is 0 Å². The van der Waals surface area contributed by atoms with Crippen LogP contribution in [0.5, 0.6) is 0 Å². The van der Waals surface area contributed by atoms with Crippen molar-refractivity contribution in [1.29, 1.82) is 0 Å². The maximum atomic E-state index is 13.4. The monoisotopic (exact) mass is 278 g/mol. The van der Waals surface area contributed by atoms with E-state index in [1.165, 1.54) is 0 Å². The third kappa shape index (κ3) is 3.72. The lowest BCUT2D eigenvalue weighted by Gasteiger charge is -2.16. The molecule has 1 atom stereocenters. The smallest absolute Gasteiger partial charge is 0.243 e. The van der Waals surface area contributed by atoms with Crippen LogP contribution in [0, 0.1) is 11.6 Å². The molecule has 0 amide bonds. The van der Waals surface area contributed by atoms with Crippen molar-refractivity contribution in [3.63, 3.8) is 0 Å². The Morgan fingerprint density at radius 2 is 2.06 bits per heavy atom. The Morgan fingerprint density at radius 1 is 1.39 bits per heavy atom. The normalized spacial score (nSPS) is 13.6. The van der Waals surface area contributed by atoms with Crippen LogP contribution in [0.25, 0.3) is 0 Å². The van der Waals surface area contributed by atoms with Crippen molar-refractivity contribution in [2.75, 3.05) is 6.54 Å². The fraction of sp³-hybridized carbons (Fsp3) is 0.455. The lowest BCUT2D eigenvalue weighted by molar-refractivity contribution is 0.509. The van der Waals surface area contributed by atoms with Gasteiger partial charge >= 0.3 is 0 Å². The molecule has 0 fully saturated rings. The summed E-state index contributed by atoms with van der Waals surface area (Å²) in [4.78, 5) is -0.682. The zero-order chi connectivity index (χ0) is 13.8. The van der Waals surface area contributed by atoms with Gasteiger partial charge in [0.2, 0.25) is 10.0 Å². The maximum absolute atomic E-state index is 13.4. The number of nitrogens with two attached hydrogens (primary N) is 1. The quantitative estimate of drug-likeness (QED) is 0.825. The van der Waals surface area contributed by atoms with Crippen molar-refractivity contribution in [3.8, 4) is 0 Å². The van der Waals surface area contributed by atoms with Crippen LogP contribution in [-0.4, -0.2) is 21.0 Å². The van der Waals surface area contributed by atoms with Gasteiger partial charge in [-0.2, -0.15) is 0 Å². The molecule has 102 valence electrons. The summed E-state index contributed by atoms with van der Waals surface area (Å²) in [7, 11) is -4.07. The average Bonchev–Trinajstić information content (AvgIpc) is 2.31. The minimum absolute atomic E-state index is 0.312. The third-order valence-electron chi connectivity index (χ3n) is 2.51. The zero-order valence-electron chi connectivity index (χ0n) is 9.99. The summed E-state index contributed by atoms with van der Waals surface area (Å²) >= 11 is 0. The van der Waals surface area contributed by atoms with Crippen molar-refractivity contribution in [3.05, 3.63) is 29.8 Å². The standard InChI is InChI=1S/C11H16F2N2O2S/c1-2-9(5-6-14)15-18(16,17)11-7-8(12)3-4-10(11)13/h3-4,7,9,15H,2,5-6,14H2,1H3. The number of rotatable bonds is 6. The number of sulfonamides is 1. The molecule has 0 aromatic heterocycles. The van der Waals surface area contributed by atoms with E-state index in [4.69, 9.17) is 5.73 Å². The maximum Gasteiger partial charge on any atom is 0.243 e. The minimum atomic E-state index is -4.07. The molecule has 0 aliphatic heterocycles. The van der Waals surface area contributed by atoms with Gasteiger partial charge in [0.15, 0.2) is 0 Å². The van der Waals surface area contributed by atoms with E-state index in [0.717, 1.165) is 12.1 Å². The van der Waals surface area contributed by atoms with Gasteiger partial charge in [-0.1, -0.05) is 6.92 Å². The lowest BCUT2D eigenvalue weighted by atomic mass is 10.2. The highest BCUT2D eigenvalue weighted by Crippen LogP contribution is 2.16. The van der Waals surface area contributed by atoms with Crippen molar-refractivity contribution in [1.82, 2.24) is 4.72 Å². The highest BCUT2D eigenvalue weighted by atomic mass is 32.2. The van der Waals surface area contributed by atoms with Gasteiger partial charge in [0.1, 0.15) is 16.5 Å². The van der Waals surface area contributed by atoms with Crippen molar-refractivity contribution in [2.24, 2.45) is 5.73 Å². The summed E-state index contributed by atoms with van der Waals surface area (Å²) in [6.07, 6.45) is 0.958. The molecule has 4 nitrogen and oxygen atoms in total. The first-order chi connectivity index (χ1) is 8.40. The SMILES string of the molecule is CCC(CCN)NS(=O)(=O)c1cc(F)ccc1F. The Hall–Kier alpha value is -1.05. The Balaban J connectivity index is 3.02. The first-order valence-corrected chi connectivity index (χ1v) is 7.06. The van der Waals surface area contributed by atoms with Crippen LogP contribution >= 0.6 is 0 Å². The Bertz CT molecular complexity index is 506. The Kier molecular flexibility index (Phi) is 5.18. The van der Waals surface area contributed by atoms with Gasteiger partial charge in [0, 0.05) is 6.04 Å². The first kappa shape index (κ1) is 15.0. The molecule has 0 aliphatic carbocycles. The van der Waals surface area contributed by atoms with Crippen molar-refractivity contribution >= 4 is 10.0 Å². The van der Waals surface area contributed by atoms with E-state index in [0.29, 0.717) is 25.5 Å². The predicted octanol–water partition coefficient (Wildman–Crippen LogP) is 1.37. The van der Waals surface area contributed by atoms with Gasteiger partial charge in [-0.05, 0) is 37.6 Å². The van der Waals surface area contributed by atoms with Crippen LogP contribution in [0.1, 0.15) is 19.8 Å². The summed E-state index contributed by atoms with van der Waals surface area (Å²) in [5.41, 5.74) is 5.35. The van der Waals surface area contributed by atoms with Gasteiger partial charge in [-0.25, -0.2) is 21.9 Å². The molecule has 1 rings (SSSR count). The fourth-order valence-electron chi connectivity index (χ4n) is 1.51. The molecule has 0 bridgehead atoms. The third-order valence-corrected chi connectivity index (χ3v) is 4.05. The molecular formula is C11H16F2N2O2S. The minimum Gasteiger partial charge on any atom is -0.330 e. The number of benzene rings is 1. The molecule has 1 aromatic carbocycles. The fourth-order valence-corrected chi connectivity index (χ4v) is 2.96. The number of hydrogen-bond donors (Lipinski definition) is 2. The largest absolute Gasteiger partial charge is 0.330 e. The molecule has 0 aliphatic rings. The van der Waals surface area contributed by atoms with E-state index < -0.39 is 26.6 Å². The van der Waals surface area contributed by atoms with Gasteiger partial charge in [0.05, 0.1) is 0 Å². The molecule has 0 radical (unpaired) electrons. The molecule has 7 heteroatoms. The molecule has 0 spiro atoms. The van der Waals surface area contributed by atoms with E-state index in [-0.39, 0.29) is 6.04 Å². The molecule has 1 aromatic rings. The average molecular weight is 278 g/mol. The molecule has 1 unspecified atom stereocenters. The summed E-state index contributed by atoms with van der Waals surface area (Å²) in [5, 5.41) is 0. The van der Waals surface area contributed by atoms with Crippen LogP contribution in [0.2, 0.25) is 0 Å². The van der Waals surface area contributed by atoms with E-state index in [9.17, 15) is 17.2 Å². The van der Waals surface area contributed by atoms with Gasteiger partial charge in [-0.3, -0.25) is 0 Å². The van der Waals surface area contributed by atoms with Gasteiger partial charge in [-0.15, -0.1) is 0 Å². The summed E-state index contributed by atoms with van der Waals surface area (Å²) in [6, 6.07) is 1.93. The van der Waals surface area contributed by atoms with Crippen molar-refractivity contribution < 1.29 is 17.2 Å². The Labute approximate surface area is 105 Å². The van der Waals surface area contributed by atoms with Crippen LogP contribution in [0.4, 0.5) is 8.78 Å². The van der Waals surface area contributed by atoms with E-state index in [2.05, 4.69) is 4.72 Å². The highest BCUT2D eigenvalue weighted by molar-refractivity contribution is 7.89. The zero-order valence-corrected chi connectivity index (χ0v) is 10.8. The van der Waals surface area contributed by atoms with Gasteiger partial charge in [0.25, 0.3) is 0 Å². The molecule has 18 heavy (non-hydrogen) atoms. The second-order valence-electron chi connectivity index (χ2n) is 3.88. The molecular weight excluding hydrogens is 262 g/mol.